The average Bonchev–Trinajstić information content (AvgIpc) is 2.77. The first kappa shape index (κ1) is 22.0. The Bertz CT molecular complexity index is 887. The quantitative estimate of drug-likeness (QED) is 0.438. The first-order chi connectivity index (χ1) is 15.2. The normalized spacial score (nSPS) is 20.3. The van der Waals surface area contributed by atoms with E-state index in [-0.39, 0.29) is 11.1 Å². The summed E-state index contributed by atoms with van der Waals surface area (Å²) in [6.07, 6.45) is 12.7. The van der Waals surface area contributed by atoms with E-state index in [9.17, 15) is 9.59 Å². The molecule has 0 aliphatic heterocycles. The molecule has 0 saturated carbocycles. The van der Waals surface area contributed by atoms with Crippen LogP contribution in [0.3, 0.4) is 0 Å². The molecule has 6 heteroatoms. The Kier molecular flexibility index (Phi) is 7.76. The van der Waals surface area contributed by atoms with E-state index < -0.39 is 0 Å². The van der Waals surface area contributed by atoms with Crippen LogP contribution in [0.25, 0.3) is 0 Å². The van der Waals surface area contributed by atoms with E-state index in [2.05, 4.69) is 20.6 Å². The third kappa shape index (κ3) is 5.95. The number of hydrogen-bond donors (Lipinski definition) is 4. The second-order valence-electron chi connectivity index (χ2n) is 9.08. The topological polar surface area (TPSA) is 89.8 Å². The number of rotatable bonds is 10. The molecule has 0 fully saturated rings. The molecule has 0 bridgehead atoms. The van der Waals surface area contributed by atoms with Crippen LogP contribution in [-0.2, 0) is 12.8 Å². The number of aromatic amines is 2. The molecular weight excluding hydrogens is 388 g/mol. The molecule has 0 amide bonds. The molecule has 6 nitrogen and oxygen atoms in total. The highest BCUT2D eigenvalue weighted by Crippen LogP contribution is 2.28. The summed E-state index contributed by atoms with van der Waals surface area (Å²) in [7, 11) is 0. The largest absolute Gasteiger partial charge is 0.326 e. The van der Waals surface area contributed by atoms with Crippen LogP contribution in [0.1, 0.15) is 92.4 Å². The lowest BCUT2D eigenvalue weighted by Gasteiger charge is -2.26. The summed E-state index contributed by atoms with van der Waals surface area (Å²) in [5.41, 5.74) is 4.83. The van der Waals surface area contributed by atoms with Gasteiger partial charge in [-0.1, -0.05) is 31.4 Å². The minimum atomic E-state index is 0.0107. The van der Waals surface area contributed by atoms with Crippen molar-refractivity contribution in [1.82, 2.24) is 20.6 Å². The molecule has 0 spiro atoms. The van der Waals surface area contributed by atoms with Crippen LogP contribution >= 0.6 is 0 Å². The van der Waals surface area contributed by atoms with Gasteiger partial charge in [-0.25, -0.2) is 0 Å². The van der Waals surface area contributed by atoms with E-state index in [0.717, 1.165) is 63.0 Å². The lowest BCUT2D eigenvalue weighted by molar-refractivity contribution is 0.434. The predicted octanol–water partition coefficient (Wildman–Crippen LogP) is 3.65. The second kappa shape index (κ2) is 10.9. The molecule has 4 rings (SSSR count). The van der Waals surface area contributed by atoms with Gasteiger partial charge in [-0.2, -0.15) is 0 Å². The summed E-state index contributed by atoms with van der Waals surface area (Å²) in [6.45, 7) is 2.08. The van der Waals surface area contributed by atoms with Crippen LogP contribution in [0.5, 0.6) is 0 Å². The Morgan fingerprint density at radius 2 is 1.13 bits per heavy atom. The molecule has 2 heterocycles. The number of pyridine rings is 2. The van der Waals surface area contributed by atoms with Crippen LogP contribution in [-0.4, -0.2) is 23.1 Å². The van der Waals surface area contributed by atoms with Crippen molar-refractivity contribution in [3.63, 3.8) is 0 Å². The molecule has 2 aromatic heterocycles. The first-order valence-corrected chi connectivity index (χ1v) is 12.1. The van der Waals surface area contributed by atoms with Crippen molar-refractivity contribution >= 4 is 0 Å². The fourth-order valence-corrected chi connectivity index (χ4v) is 5.16. The Morgan fingerprint density at radius 3 is 1.61 bits per heavy atom. The fraction of sp³-hybridized carbons (Fsp3) is 0.600. The average molecular weight is 425 g/mol. The summed E-state index contributed by atoms with van der Waals surface area (Å²) in [4.78, 5) is 29.0. The maximum Gasteiger partial charge on any atom is 0.248 e. The molecule has 4 N–H and O–H groups in total. The molecule has 2 atom stereocenters. The van der Waals surface area contributed by atoms with Crippen molar-refractivity contribution in [2.24, 2.45) is 0 Å². The Balaban J connectivity index is 1.08. The van der Waals surface area contributed by atoms with Gasteiger partial charge >= 0.3 is 0 Å². The molecule has 168 valence electrons. The van der Waals surface area contributed by atoms with Crippen molar-refractivity contribution in [3.8, 4) is 0 Å². The van der Waals surface area contributed by atoms with Crippen molar-refractivity contribution in [2.75, 3.05) is 13.1 Å². The monoisotopic (exact) mass is 424 g/mol. The van der Waals surface area contributed by atoms with E-state index >= 15 is 0 Å². The number of H-pyrrole nitrogens is 2. The second-order valence-corrected chi connectivity index (χ2v) is 9.08. The number of nitrogens with one attached hydrogen (secondary N) is 4. The summed E-state index contributed by atoms with van der Waals surface area (Å²) in [6, 6.07) is 8.08. The van der Waals surface area contributed by atoms with Crippen LogP contribution < -0.4 is 21.8 Å². The Morgan fingerprint density at radius 1 is 0.677 bits per heavy atom. The van der Waals surface area contributed by atoms with Gasteiger partial charge in [-0.15, -0.1) is 0 Å². The molecule has 2 aliphatic rings. The van der Waals surface area contributed by atoms with Crippen molar-refractivity contribution < 1.29 is 0 Å². The fourth-order valence-electron chi connectivity index (χ4n) is 5.16. The Hall–Kier alpha value is -2.18. The van der Waals surface area contributed by atoms with Gasteiger partial charge in [-0.3, -0.25) is 9.59 Å². The molecule has 2 aromatic rings. The van der Waals surface area contributed by atoms with Gasteiger partial charge in [0.2, 0.25) is 11.1 Å². The van der Waals surface area contributed by atoms with E-state index in [1.807, 2.05) is 12.1 Å². The van der Waals surface area contributed by atoms with Crippen molar-refractivity contribution in [3.05, 3.63) is 67.5 Å². The van der Waals surface area contributed by atoms with Crippen LogP contribution in [0.4, 0.5) is 0 Å². The van der Waals surface area contributed by atoms with E-state index in [1.165, 1.54) is 43.2 Å². The molecule has 0 unspecified atom stereocenters. The smallest absolute Gasteiger partial charge is 0.248 e. The van der Waals surface area contributed by atoms with E-state index in [0.29, 0.717) is 12.1 Å². The highest BCUT2D eigenvalue weighted by atomic mass is 16.1. The van der Waals surface area contributed by atoms with Gasteiger partial charge in [0.05, 0.1) is 0 Å². The van der Waals surface area contributed by atoms with Crippen LogP contribution in [0.15, 0.2) is 33.9 Å². The lowest BCUT2D eigenvalue weighted by atomic mass is 9.91. The molecule has 2 aliphatic carbocycles. The van der Waals surface area contributed by atoms with E-state index in [1.54, 1.807) is 12.1 Å². The number of aryl methyl sites for hydroxylation is 2. The van der Waals surface area contributed by atoms with Gasteiger partial charge in [0, 0.05) is 35.6 Å². The number of unbranched alkanes of at least 4 members (excludes halogenated alkanes) is 4. The van der Waals surface area contributed by atoms with Crippen LogP contribution in [0.2, 0.25) is 0 Å². The van der Waals surface area contributed by atoms with E-state index in [4.69, 9.17) is 0 Å². The summed E-state index contributed by atoms with van der Waals surface area (Å²) in [5.74, 6) is 0. The first-order valence-electron chi connectivity index (χ1n) is 12.1. The summed E-state index contributed by atoms with van der Waals surface area (Å²) >= 11 is 0. The summed E-state index contributed by atoms with van der Waals surface area (Å²) < 4.78 is 0. The van der Waals surface area contributed by atoms with Crippen molar-refractivity contribution in [2.45, 2.75) is 82.7 Å². The van der Waals surface area contributed by atoms with Crippen molar-refractivity contribution in [1.29, 1.82) is 0 Å². The SMILES string of the molecule is O=c1ccc2c([nH]1)CCC[C@H]2NCCCCCCCN[C@@H]1CCCc2[nH]c(=O)ccc21. The number of hydrogen-bond acceptors (Lipinski definition) is 4. The predicted molar refractivity (Wildman–Crippen MR) is 125 cm³/mol. The number of aromatic nitrogens is 2. The highest BCUT2D eigenvalue weighted by molar-refractivity contribution is 5.27. The van der Waals surface area contributed by atoms with Gasteiger partial charge < -0.3 is 20.6 Å². The zero-order valence-electron chi connectivity index (χ0n) is 18.5. The number of fused-ring (bicyclic) bond motifs is 2. The molecule has 0 aromatic carbocycles. The maximum absolute atomic E-state index is 11.5. The van der Waals surface area contributed by atoms with Crippen LogP contribution in [0, 0.1) is 0 Å². The molecule has 0 saturated heterocycles. The highest BCUT2D eigenvalue weighted by Gasteiger charge is 2.21. The standard InChI is InChI=1S/C25H36N4O2/c30-24-14-12-18-20(8-6-10-22(18)28-24)26-16-4-2-1-3-5-17-27-21-9-7-11-23-19(21)13-15-25(31)29-23/h12-15,20-21,26-27H,1-11,16-17H2,(H,28,30)(H,29,31)/t20-,21-/m1/s1. The third-order valence-corrected chi connectivity index (χ3v) is 6.80. The van der Waals surface area contributed by atoms with Gasteiger partial charge in [0.1, 0.15) is 0 Å². The lowest BCUT2D eigenvalue weighted by Crippen LogP contribution is -2.28. The maximum atomic E-state index is 11.5. The molecule has 31 heavy (non-hydrogen) atoms. The minimum Gasteiger partial charge on any atom is -0.326 e. The minimum absolute atomic E-state index is 0.0107. The zero-order chi connectivity index (χ0) is 21.5. The third-order valence-electron chi connectivity index (χ3n) is 6.80. The zero-order valence-corrected chi connectivity index (χ0v) is 18.5. The summed E-state index contributed by atoms with van der Waals surface area (Å²) in [5, 5.41) is 7.39. The van der Waals surface area contributed by atoms with Gasteiger partial charge in [-0.05, 0) is 75.6 Å². The van der Waals surface area contributed by atoms with Gasteiger partial charge in [0.15, 0.2) is 0 Å². The molecular formula is C25H36N4O2. The molecule has 0 radical (unpaired) electrons. The Labute approximate surface area is 184 Å². The van der Waals surface area contributed by atoms with Gasteiger partial charge in [0.25, 0.3) is 0 Å².